The van der Waals surface area contributed by atoms with E-state index in [-0.39, 0.29) is 5.71 Å². The van der Waals surface area contributed by atoms with Gasteiger partial charge < -0.3 is 0 Å². The smallest absolute Gasteiger partial charge is 0.145 e. The SMILES string of the molecule is CC(F)C(=N[S@@](=O)C(C)(C)C)c1cccc(Br)n1. The van der Waals surface area contributed by atoms with Crippen LogP contribution in [-0.2, 0) is 11.0 Å². The van der Waals surface area contributed by atoms with E-state index in [9.17, 15) is 8.60 Å². The van der Waals surface area contributed by atoms with Gasteiger partial charge in [-0.15, -0.1) is 0 Å². The van der Waals surface area contributed by atoms with Crippen LogP contribution in [-0.4, -0.2) is 25.8 Å². The number of hydrogen-bond acceptors (Lipinski definition) is 2. The van der Waals surface area contributed by atoms with Crippen molar-refractivity contribution in [3.05, 3.63) is 28.5 Å². The average molecular weight is 335 g/mol. The van der Waals surface area contributed by atoms with E-state index in [0.717, 1.165) is 0 Å². The molecule has 0 aliphatic heterocycles. The molecule has 1 unspecified atom stereocenters. The molecule has 0 bridgehead atoms. The summed E-state index contributed by atoms with van der Waals surface area (Å²) in [6.45, 7) is 6.74. The van der Waals surface area contributed by atoms with E-state index >= 15 is 0 Å². The van der Waals surface area contributed by atoms with E-state index in [0.29, 0.717) is 10.3 Å². The number of alkyl halides is 1. The molecule has 0 aliphatic carbocycles. The van der Waals surface area contributed by atoms with Crippen molar-refractivity contribution < 1.29 is 8.60 Å². The van der Waals surface area contributed by atoms with Gasteiger partial charge in [-0.2, -0.15) is 4.40 Å². The molecule has 18 heavy (non-hydrogen) atoms. The second kappa shape index (κ2) is 6.02. The third-order valence-electron chi connectivity index (χ3n) is 2.06. The number of nitrogens with zero attached hydrogens (tertiary/aromatic N) is 2. The number of aromatic nitrogens is 1. The monoisotopic (exact) mass is 334 g/mol. The normalized spacial score (nSPS) is 16.4. The number of hydrogen-bond donors (Lipinski definition) is 0. The van der Waals surface area contributed by atoms with Crippen molar-refractivity contribution in [2.24, 2.45) is 4.40 Å². The molecule has 0 saturated heterocycles. The van der Waals surface area contributed by atoms with Gasteiger partial charge in [0, 0.05) is 0 Å². The Hall–Kier alpha value is -0.620. The molecule has 0 aliphatic rings. The molecular formula is C12H16BrFN2OS. The van der Waals surface area contributed by atoms with Gasteiger partial charge in [0.15, 0.2) is 0 Å². The van der Waals surface area contributed by atoms with E-state index in [1.54, 1.807) is 39.0 Å². The summed E-state index contributed by atoms with van der Waals surface area (Å²) in [7, 11) is -1.50. The maximum Gasteiger partial charge on any atom is 0.145 e. The first kappa shape index (κ1) is 15.4. The predicted octanol–water partition coefficient (Wildman–Crippen LogP) is 3.45. The van der Waals surface area contributed by atoms with Gasteiger partial charge in [-0.25, -0.2) is 13.6 Å². The van der Waals surface area contributed by atoms with Crippen LogP contribution >= 0.6 is 15.9 Å². The molecule has 100 valence electrons. The van der Waals surface area contributed by atoms with Gasteiger partial charge in [0.25, 0.3) is 0 Å². The molecule has 3 nitrogen and oxygen atoms in total. The van der Waals surface area contributed by atoms with Crippen LogP contribution in [0.3, 0.4) is 0 Å². The fourth-order valence-corrected chi connectivity index (χ4v) is 2.14. The second-order valence-electron chi connectivity index (χ2n) is 4.80. The lowest BCUT2D eigenvalue weighted by molar-refractivity contribution is 0.454. The first-order valence-corrected chi connectivity index (χ1v) is 7.39. The van der Waals surface area contributed by atoms with E-state index in [1.807, 2.05) is 0 Å². The lowest BCUT2D eigenvalue weighted by atomic mass is 10.2. The average Bonchev–Trinajstić information content (AvgIpc) is 2.23. The van der Waals surface area contributed by atoms with Crippen molar-refractivity contribution in [2.75, 3.05) is 0 Å². The highest BCUT2D eigenvalue weighted by molar-refractivity contribution is 9.10. The van der Waals surface area contributed by atoms with Gasteiger partial charge in [-0.3, -0.25) is 0 Å². The summed E-state index contributed by atoms with van der Waals surface area (Å²) < 4.78 is 29.6. The Kier molecular flexibility index (Phi) is 5.16. The van der Waals surface area contributed by atoms with Crippen molar-refractivity contribution in [3.8, 4) is 0 Å². The Morgan fingerprint density at radius 3 is 2.56 bits per heavy atom. The van der Waals surface area contributed by atoms with Crippen LogP contribution in [0.4, 0.5) is 4.39 Å². The summed E-state index contributed by atoms with van der Waals surface area (Å²) in [5, 5.41) is 0. The first-order valence-electron chi connectivity index (χ1n) is 5.49. The summed E-state index contributed by atoms with van der Waals surface area (Å²) in [6.07, 6.45) is -1.32. The summed E-state index contributed by atoms with van der Waals surface area (Å²) >= 11 is 3.22. The molecule has 0 radical (unpaired) electrons. The Labute approximate surface area is 118 Å². The van der Waals surface area contributed by atoms with Gasteiger partial charge in [-0.1, -0.05) is 6.07 Å². The highest BCUT2D eigenvalue weighted by atomic mass is 79.9. The molecular weight excluding hydrogens is 319 g/mol. The largest absolute Gasteiger partial charge is 0.241 e. The molecule has 0 saturated carbocycles. The summed E-state index contributed by atoms with van der Waals surface area (Å²) in [5.74, 6) is 0. The highest BCUT2D eigenvalue weighted by Crippen LogP contribution is 2.16. The summed E-state index contributed by atoms with van der Waals surface area (Å²) in [5.41, 5.74) is 0.515. The predicted molar refractivity (Wildman–Crippen MR) is 76.9 cm³/mol. The van der Waals surface area contributed by atoms with Crippen LogP contribution in [0.15, 0.2) is 27.2 Å². The molecule has 0 aromatic carbocycles. The highest BCUT2D eigenvalue weighted by Gasteiger charge is 2.22. The molecule has 1 aromatic heterocycles. The van der Waals surface area contributed by atoms with Crippen LogP contribution in [0, 0.1) is 0 Å². The molecule has 1 aromatic rings. The maximum absolute atomic E-state index is 13.6. The van der Waals surface area contributed by atoms with Crippen LogP contribution < -0.4 is 0 Å². The summed E-state index contributed by atoms with van der Waals surface area (Å²) in [6, 6.07) is 5.13. The van der Waals surface area contributed by atoms with Gasteiger partial charge in [0.2, 0.25) is 0 Å². The zero-order chi connectivity index (χ0) is 13.9. The molecule has 0 amide bonds. The molecule has 0 fully saturated rings. The Bertz CT molecular complexity index is 483. The number of pyridine rings is 1. The second-order valence-corrected chi connectivity index (χ2v) is 7.52. The number of rotatable bonds is 3. The van der Waals surface area contributed by atoms with E-state index in [2.05, 4.69) is 25.3 Å². The van der Waals surface area contributed by atoms with E-state index in [4.69, 9.17) is 0 Å². The first-order chi connectivity index (χ1) is 8.21. The minimum Gasteiger partial charge on any atom is -0.241 e. The lowest BCUT2D eigenvalue weighted by Crippen LogP contribution is -2.24. The zero-order valence-corrected chi connectivity index (χ0v) is 13.2. The quantitative estimate of drug-likeness (QED) is 0.627. The van der Waals surface area contributed by atoms with Gasteiger partial charge >= 0.3 is 0 Å². The summed E-state index contributed by atoms with van der Waals surface area (Å²) in [4.78, 5) is 4.14. The molecule has 6 heteroatoms. The zero-order valence-electron chi connectivity index (χ0n) is 10.8. The minimum atomic E-state index is -1.50. The van der Waals surface area contributed by atoms with Crippen LogP contribution in [0.25, 0.3) is 0 Å². The van der Waals surface area contributed by atoms with Crippen LogP contribution in [0.5, 0.6) is 0 Å². The van der Waals surface area contributed by atoms with Crippen molar-refractivity contribution in [3.63, 3.8) is 0 Å². The molecule has 2 atom stereocenters. The van der Waals surface area contributed by atoms with E-state index < -0.39 is 21.9 Å². The molecule has 1 rings (SSSR count). The Balaban J connectivity index is 3.20. The van der Waals surface area contributed by atoms with Crippen molar-refractivity contribution in [2.45, 2.75) is 38.6 Å². The topological polar surface area (TPSA) is 42.3 Å². The molecule has 0 N–H and O–H groups in total. The Morgan fingerprint density at radius 2 is 2.11 bits per heavy atom. The van der Waals surface area contributed by atoms with E-state index in [1.165, 1.54) is 6.92 Å². The van der Waals surface area contributed by atoms with Crippen molar-refractivity contribution in [1.29, 1.82) is 0 Å². The standard InChI is InChI=1S/C12H16BrFN2OS/c1-8(14)11(16-18(17)12(2,3)4)9-6-5-7-10(13)15-9/h5-8H,1-4H3/t8?,18-/m0/s1. The minimum absolute atomic E-state index is 0.115. The van der Waals surface area contributed by atoms with Crippen LogP contribution in [0.1, 0.15) is 33.4 Å². The van der Waals surface area contributed by atoms with Crippen molar-refractivity contribution in [1.82, 2.24) is 4.98 Å². The fourth-order valence-electron chi connectivity index (χ4n) is 1.10. The molecule has 1 heterocycles. The lowest BCUT2D eigenvalue weighted by Gasteiger charge is -2.15. The van der Waals surface area contributed by atoms with Gasteiger partial charge in [0.05, 0.1) is 10.4 Å². The third kappa shape index (κ3) is 4.24. The third-order valence-corrected chi connectivity index (χ3v) is 3.91. The van der Waals surface area contributed by atoms with Crippen molar-refractivity contribution >= 4 is 32.6 Å². The fraction of sp³-hybridized carbons (Fsp3) is 0.500. The molecule has 0 spiro atoms. The van der Waals surface area contributed by atoms with Gasteiger partial charge in [0.1, 0.15) is 27.5 Å². The Morgan fingerprint density at radius 1 is 1.50 bits per heavy atom. The van der Waals surface area contributed by atoms with Gasteiger partial charge in [-0.05, 0) is 55.8 Å². The number of halogens is 2. The van der Waals surface area contributed by atoms with Crippen LogP contribution in [0.2, 0.25) is 0 Å². The maximum atomic E-state index is 13.6.